The first-order valence-corrected chi connectivity index (χ1v) is 2.88. The highest BCUT2D eigenvalue weighted by atomic mass is 16.5. The van der Waals surface area contributed by atoms with Crippen molar-refractivity contribution in [3.63, 3.8) is 0 Å². The summed E-state index contributed by atoms with van der Waals surface area (Å²) in [6.45, 7) is 2.79. The van der Waals surface area contributed by atoms with E-state index in [9.17, 15) is 5.21 Å². The summed E-state index contributed by atoms with van der Waals surface area (Å²) in [5.41, 5.74) is 5.15. The summed E-state index contributed by atoms with van der Waals surface area (Å²) in [5.74, 6) is 0. The van der Waals surface area contributed by atoms with E-state index in [0.717, 1.165) is 6.42 Å². The molecular weight excluding hydrogens is 104 g/mol. The van der Waals surface area contributed by atoms with Gasteiger partial charge in [0.1, 0.15) is 6.67 Å². The van der Waals surface area contributed by atoms with Gasteiger partial charge in [-0.25, -0.2) is 0 Å². The van der Waals surface area contributed by atoms with Crippen LogP contribution in [0, 0.1) is 5.21 Å². The topological polar surface area (TPSA) is 49.1 Å². The van der Waals surface area contributed by atoms with Crippen molar-refractivity contribution in [3.8, 4) is 0 Å². The van der Waals surface area contributed by atoms with Crippen LogP contribution in [0.3, 0.4) is 0 Å². The lowest BCUT2D eigenvalue weighted by molar-refractivity contribution is -0.860. The third kappa shape index (κ3) is 2.96. The Hall–Kier alpha value is -0.120. The minimum absolute atomic E-state index is 0.188. The lowest BCUT2D eigenvalue weighted by atomic mass is 10.4. The van der Waals surface area contributed by atoms with E-state index in [-0.39, 0.29) is 11.3 Å². The van der Waals surface area contributed by atoms with Crippen molar-refractivity contribution in [1.82, 2.24) is 0 Å². The Morgan fingerprint density at radius 2 is 2.12 bits per heavy atom. The van der Waals surface area contributed by atoms with Gasteiger partial charge in [-0.1, -0.05) is 6.92 Å². The summed E-state index contributed by atoms with van der Waals surface area (Å²) in [4.78, 5) is 0. The molecule has 0 radical (unpaired) electrons. The van der Waals surface area contributed by atoms with Crippen LogP contribution in [0.1, 0.15) is 13.3 Å². The normalized spacial score (nSPS) is 18.0. The zero-order valence-corrected chi connectivity index (χ0v) is 5.55. The highest BCUT2D eigenvalue weighted by Gasteiger charge is 2.02. The molecule has 3 nitrogen and oxygen atoms in total. The first-order chi connectivity index (χ1) is 3.62. The second-order valence-electron chi connectivity index (χ2n) is 2.20. The van der Waals surface area contributed by atoms with E-state index in [1.165, 1.54) is 0 Å². The summed E-state index contributed by atoms with van der Waals surface area (Å²) in [6.07, 6.45) is 0.900. The van der Waals surface area contributed by atoms with Crippen LogP contribution in [0.2, 0.25) is 0 Å². The summed E-state index contributed by atoms with van der Waals surface area (Å²) in [5, 5.41) is 10.9. The molecule has 0 rings (SSSR count). The molecule has 0 aromatic heterocycles. The van der Waals surface area contributed by atoms with Gasteiger partial charge in [-0.05, 0) is 6.42 Å². The molecule has 8 heavy (non-hydrogen) atoms. The molecule has 0 aromatic carbocycles. The number of hydroxylamine groups is 3. The van der Waals surface area contributed by atoms with Crippen molar-refractivity contribution >= 4 is 0 Å². The average molecular weight is 118 g/mol. The van der Waals surface area contributed by atoms with Crippen LogP contribution < -0.4 is 5.73 Å². The second-order valence-corrected chi connectivity index (χ2v) is 2.20. The van der Waals surface area contributed by atoms with Crippen molar-refractivity contribution in [3.05, 3.63) is 5.21 Å². The van der Waals surface area contributed by atoms with Crippen LogP contribution in [-0.4, -0.2) is 24.9 Å². The smallest absolute Gasteiger partial charge is 0.129 e. The third-order valence-electron chi connectivity index (χ3n) is 1.08. The molecule has 0 amide bonds. The van der Waals surface area contributed by atoms with Crippen LogP contribution in [0.4, 0.5) is 0 Å². The Kier molecular flexibility index (Phi) is 2.97. The Balaban J connectivity index is 3.37. The van der Waals surface area contributed by atoms with E-state index >= 15 is 0 Å². The average Bonchev–Trinajstić information content (AvgIpc) is 1.67. The lowest BCUT2D eigenvalue weighted by Crippen LogP contribution is -2.42. The molecule has 2 N–H and O–H groups in total. The van der Waals surface area contributed by atoms with Gasteiger partial charge in [-0.15, -0.1) is 0 Å². The molecular formula is C5H14N2O. The van der Waals surface area contributed by atoms with Crippen molar-refractivity contribution in [2.75, 3.05) is 20.3 Å². The standard InChI is InChI=1S/C5H14N2O/c1-3-4-7(2,8)5-6/h3-6H2,1-2H3. The van der Waals surface area contributed by atoms with Gasteiger partial charge in [0, 0.05) is 0 Å². The molecule has 0 saturated carbocycles. The van der Waals surface area contributed by atoms with Gasteiger partial charge in [0.2, 0.25) is 0 Å². The second kappa shape index (κ2) is 3.02. The molecule has 0 aliphatic rings. The van der Waals surface area contributed by atoms with E-state index in [1.807, 2.05) is 6.92 Å². The van der Waals surface area contributed by atoms with E-state index in [2.05, 4.69) is 0 Å². The fraction of sp³-hybridized carbons (Fsp3) is 1.00. The quantitative estimate of drug-likeness (QED) is 0.328. The first kappa shape index (κ1) is 7.88. The number of nitrogens with two attached hydrogens (primary N) is 1. The molecule has 0 fully saturated rings. The van der Waals surface area contributed by atoms with Gasteiger partial charge in [0.05, 0.1) is 13.6 Å². The lowest BCUT2D eigenvalue weighted by Gasteiger charge is -2.36. The molecule has 0 aromatic rings. The third-order valence-corrected chi connectivity index (χ3v) is 1.08. The van der Waals surface area contributed by atoms with Crippen LogP contribution in [-0.2, 0) is 0 Å². The van der Waals surface area contributed by atoms with Gasteiger partial charge >= 0.3 is 0 Å². The Labute approximate surface area is 50.3 Å². The SMILES string of the molecule is CCC[N+](C)([O-])CN. The van der Waals surface area contributed by atoms with Crippen LogP contribution in [0.5, 0.6) is 0 Å². The number of hydrogen-bond acceptors (Lipinski definition) is 2. The molecule has 50 valence electrons. The molecule has 1 atom stereocenters. The Morgan fingerprint density at radius 1 is 1.62 bits per heavy atom. The summed E-state index contributed by atoms with van der Waals surface area (Å²) < 4.78 is -0.309. The molecule has 0 heterocycles. The zero-order valence-electron chi connectivity index (χ0n) is 5.55. The van der Waals surface area contributed by atoms with Gasteiger partial charge in [0.15, 0.2) is 0 Å². The number of quaternary nitrogens is 1. The largest absolute Gasteiger partial charge is 0.632 e. The summed E-state index contributed by atoms with van der Waals surface area (Å²) >= 11 is 0. The van der Waals surface area contributed by atoms with E-state index in [4.69, 9.17) is 5.73 Å². The molecule has 0 spiro atoms. The predicted molar refractivity (Wildman–Crippen MR) is 33.8 cm³/mol. The van der Waals surface area contributed by atoms with Crippen LogP contribution in [0.15, 0.2) is 0 Å². The van der Waals surface area contributed by atoms with Gasteiger partial charge in [-0.3, -0.25) is 5.73 Å². The highest BCUT2D eigenvalue weighted by molar-refractivity contribution is 4.30. The summed E-state index contributed by atoms with van der Waals surface area (Å²) in [6, 6.07) is 0. The number of nitrogens with zero attached hydrogens (tertiary/aromatic N) is 1. The van der Waals surface area contributed by atoms with Crippen molar-refractivity contribution in [1.29, 1.82) is 0 Å². The number of hydrogen-bond donors (Lipinski definition) is 1. The minimum Gasteiger partial charge on any atom is -0.632 e. The van der Waals surface area contributed by atoms with Crippen LogP contribution in [0.25, 0.3) is 0 Å². The minimum atomic E-state index is -0.309. The fourth-order valence-electron chi connectivity index (χ4n) is 0.564. The van der Waals surface area contributed by atoms with Gasteiger partial charge in [0.25, 0.3) is 0 Å². The monoisotopic (exact) mass is 118 g/mol. The van der Waals surface area contributed by atoms with E-state index < -0.39 is 0 Å². The van der Waals surface area contributed by atoms with Crippen LogP contribution >= 0.6 is 0 Å². The molecule has 0 bridgehead atoms. The molecule has 0 aliphatic heterocycles. The predicted octanol–water partition coefficient (Wildman–Crippen LogP) is 0.257. The molecule has 0 saturated heterocycles. The maximum atomic E-state index is 10.9. The molecule has 3 heteroatoms. The Morgan fingerprint density at radius 3 is 2.25 bits per heavy atom. The fourth-order valence-corrected chi connectivity index (χ4v) is 0.564. The highest BCUT2D eigenvalue weighted by Crippen LogP contribution is 1.95. The first-order valence-electron chi connectivity index (χ1n) is 2.88. The van der Waals surface area contributed by atoms with Gasteiger partial charge in [-0.2, -0.15) is 0 Å². The van der Waals surface area contributed by atoms with Crippen molar-refractivity contribution in [2.45, 2.75) is 13.3 Å². The molecule has 0 aliphatic carbocycles. The van der Waals surface area contributed by atoms with Crippen molar-refractivity contribution in [2.24, 2.45) is 5.73 Å². The maximum absolute atomic E-state index is 10.9. The van der Waals surface area contributed by atoms with Crippen molar-refractivity contribution < 1.29 is 4.65 Å². The van der Waals surface area contributed by atoms with Gasteiger partial charge < -0.3 is 9.85 Å². The maximum Gasteiger partial charge on any atom is 0.129 e. The Bertz CT molecular complexity index is 63.4. The number of rotatable bonds is 3. The molecule has 1 unspecified atom stereocenters. The van der Waals surface area contributed by atoms with E-state index in [1.54, 1.807) is 7.05 Å². The van der Waals surface area contributed by atoms with E-state index in [0.29, 0.717) is 6.54 Å². The summed E-state index contributed by atoms with van der Waals surface area (Å²) in [7, 11) is 1.59. The zero-order chi connectivity index (χ0) is 6.62.